The van der Waals surface area contributed by atoms with Gasteiger partial charge in [0.2, 0.25) is 10.1 Å². The summed E-state index contributed by atoms with van der Waals surface area (Å²) in [6.07, 6.45) is 9.08. The summed E-state index contributed by atoms with van der Waals surface area (Å²) in [5.74, 6) is 0. The number of fused-ring (bicyclic) bond motifs is 1. The Hall–Kier alpha value is -1.96. The zero-order chi connectivity index (χ0) is 16.7. The maximum Gasteiger partial charge on any atom is 0.214 e. The van der Waals surface area contributed by atoms with Crippen LogP contribution in [-0.4, -0.2) is 41.9 Å². The van der Waals surface area contributed by atoms with E-state index >= 15 is 0 Å². The molecule has 4 heterocycles. The van der Waals surface area contributed by atoms with Crippen molar-refractivity contribution in [2.75, 3.05) is 11.4 Å². The second-order valence-corrected chi connectivity index (χ2v) is 8.38. The lowest BCUT2D eigenvalue weighted by Gasteiger charge is -2.35. The fourth-order valence-corrected chi connectivity index (χ4v) is 4.13. The fraction of sp³-hybridized carbons (Fsp3) is 0.625. The maximum absolute atomic E-state index is 4.80. The largest absolute Gasteiger partial charge is 0.342 e. The third-order valence-electron chi connectivity index (χ3n) is 4.54. The van der Waals surface area contributed by atoms with E-state index < -0.39 is 0 Å². The van der Waals surface area contributed by atoms with E-state index in [9.17, 15) is 0 Å². The second kappa shape index (κ2) is 5.84. The van der Waals surface area contributed by atoms with Crippen LogP contribution in [0.25, 0.3) is 4.96 Å². The lowest BCUT2D eigenvalue weighted by atomic mass is 9.93. The highest BCUT2D eigenvalue weighted by Gasteiger charge is 2.27. The molecule has 7 nitrogen and oxygen atoms in total. The van der Waals surface area contributed by atoms with Gasteiger partial charge in [0.15, 0.2) is 0 Å². The van der Waals surface area contributed by atoms with Crippen molar-refractivity contribution >= 4 is 21.4 Å². The van der Waals surface area contributed by atoms with Gasteiger partial charge >= 0.3 is 0 Å². The molecule has 128 valence electrons. The number of piperidine rings is 1. The number of hydrogen-bond acceptors (Lipinski definition) is 6. The average molecular weight is 345 g/mol. The molecule has 0 N–H and O–H groups in total. The van der Waals surface area contributed by atoms with E-state index in [1.54, 1.807) is 24.0 Å². The highest BCUT2D eigenvalue weighted by atomic mass is 32.1. The summed E-state index contributed by atoms with van der Waals surface area (Å²) in [6.45, 7) is 8.44. The van der Waals surface area contributed by atoms with E-state index in [0.29, 0.717) is 6.04 Å². The molecular formula is C16H23N7S. The number of imidazole rings is 1. The van der Waals surface area contributed by atoms with Crippen LogP contribution in [0.15, 0.2) is 18.9 Å². The number of anilines is 1. The van der Waals surface area contributed by atoms with Crippen LogP contribution in [0.1, 0.15) is 45.7 Å². The maximum atomic E-state index is 4.80. The van der Waals surface area contributed by atoms with E-state index in [-0.39, 0.29) is 5.41 Å². The van der Waals surface area contributed by atoms with Gasteiger partial charge in [-0.15, -0.1) is 5.10 Å². The monoisotopic (exact) mass is 345 g/mol. The average Bonchev–Trinajstić information content (AvgIpc) is 3.21. The predicted octanol–water partition coefficient (Wildman–Crippen LogP) is 2.74. The van der Waals surface area contributed by atoms with Gasteiger partial charge in [0, 0.05) is 12.0 Å². The molecule has 1 aliphatic heterocycles. The van der Waals surface area contributed by atoms with Gasteiger partial charge in [-0.25, -0.2) is 14.5 Å². The van der Waals surface area contributed by atoms with Crippen LogP contribution in [0.5, 0.6) is 0 Å². The zero-order valence-electron chi connectivity index (χ0n) is 14.4. The molecule has 3 aromatic heterocycles. The second-order valence-electron chi connectivity index (χ2n) is 7.45. The molecule has 0 aromatic carbocycles. The van der Waals surface area contributed by atoms with Gasteiger partial charge in [-0.1, -0.05) is 32.1 Å². The van der Waals surface area contributed by atoms with Crippen molar-refractivity contribution < 1.29 is 0 Å². The minimum atomic E-state index is 0.0499. The van der Waals surface area contributed by atoms with Crippen LogP contribution in [0.2, 0.25) is 0 Å². The molecule has 8 heteroatoms. The minimum Gasteiger partial charge on any atom is -0.342 e. The molecule has 1 saturated heterocycles. The zero-order valence-corrected chi connectivity index (χ0v) is 15.2. The first kappa shape index (κ1) is 15.6. The predicted molar refractivity (Wildman–Crippen MR) is 94.6 cm³/mol. The van der Waals surface area contributed by atoms with Crippen LogP contribution < -0.4 is 4.90 Å². The summed E-state index contributed by atoms with van der Waals surface area (Å²) >= 11 is 1.68. The highest BCUT2D eigenvalue weighted by molar-refractivity contribution is 7.20. The van der Waals surface area contributed by atoms with E-state index in [4.69, 9.17) is 10.1 Å². The van der Waals surface area contributed by atoms with Gasteiger partial charge < -0.3 is 4.90 Å². The summed E-state index contributed by atoms with van der Waals surface area (Å²) in [4.78, 5) is 12.2. The third kappa shape index (κ3) is 2.90. The van der Waals surface area contributed by atoms with E-state index in [1.807, 2.05) is 9.20 Å². The molecule has 0 bridgehead atoms. The van der Waals surface area contributed by atoms with Gasteiger partial charge in [-0.2, -0.15) is 5.10 Å². The normalized spacial score (nSPS) is 19.3. The first-order chi connectivity index (χ1) is 11.5. The molecule has 0 unspecified atom stereocenters. The Kier molecular flexibility index (Phi) is 3.79. The summed E-state index contributed by atoms with van der Waals surface area (Å²) in [7, 11) is 0. The molecule has 4 rings (SSSR count). The smallest absolute Gasteiger partial charge is 0.214 e. The fourth-order valence-electron chi connectivity index (χ4n) is 3.15. The standard InChI is InChI=1S/C16H23N7S/c1-16(2,3)13-9-23-14(19-13)24-15(20-23)22-7-5-4-6-12(22)8-21-11-17-10-18-21/h9-12H,4-8H2,1-3H3/t12-/m1/s1. The molecule has 1 aliphatic rings. The quantitative estimate of drug-likeness (QED) is 0.730. The number of nitrogens with zero attached hydrogens (tertiary/aromatic N) is 7. The molecule has 0 spiro atoms. The summed E-state index contributed by atoms with van der Waals surface area (Å²) in [5, 5.41) is 10.1. The molecule has 24 heavy (non-hydrogen) atoms. The van der Waals surface area contributed by atoms with Crippen LogP contribution in [-0.2, 0) is 12.0 Å². The SMILES string of the molecule is CC(C)(C)c1cn2nc(N3CCCC[C@@H]3Cn3cncn3)sc2n1. The van der Waals surface area contributed by atoms with Crippen molar-refractivity contribution in [1.29, 1.82) is 0 Å². The molecule has 3 aromatic rings. The van der Waals surface area contributed by atoms with Crippen molar-refractivity contribution in [2.24, 2.45) is 0 Å². The molecule has 1 atom stereocenters. The van der Waals surface area contributed by atoms with Crippen LogP contribution >= 0.6 is 11.3 Å². The number of hydrogen-bond donors (Lipinski definition) is 0. The molecular weight excluding hydrogens is 322 g/mol. The van der Waals surface area contributed by atoms with Gasteiger partial charge in [0.1, 0.15) is 12.7 Å². The Morgan fingerprint density at radius 1 is 1.29 bits per heavy atom. The highest BCUT2D eigenvalue weighted by Crippen LogP contribution is 2.31. The van der Waals surface area contributed by atoms with Crippen molar-refractivity contribution in [1.82, 2.24) is 29.4 Å². The van der Waals surface area contributed by atoms with E-state index in [1.165, 1.54) is 12.8 Å². The topological polar surface area (TPSA) is 64.1 Å². The van der Waals surface area contributed by atoms with Gasteiger partial charge in [0.25, 0.3) is 0 Å². The molecule has 0 radical (unpaired) electrons. The molecule has 0 amide bonds. The Balaban J connectivity index is 1.60. The Labute approximate surface area is 145 Å². The molecule has 1 fully saturated rings. The Morgan fingerprint density at radius 2 is 2.17 bits per heavy atom. The van der Waals surface area contributed by atoms with Crippen LogP contribution in [0.3, 0.4) is 0 Å². The van der Waals surface area contributed by atoms with Crippen molar-refractivity contribution in [3.05, 3.63) is 24.5 Å². The Morgan fingerprint density at radius 3 is 2.88 bits per heavy atom. The number of rotatable bonds is 3. The van der Waals surface area contributed by atoms with E-state index in [2.05, 4.69) is 42.0 Å². The van der Waals surface area contributed by atoms with Crippen molar-refractivity contribution in [3.8, 4) is 0 Å². The summed E-state index contributed by atoms with van der Waals surface area (Å²) < 4.78 is 3.85. The van der Waals surface area contributed by atoms with Crippen molar-refractivity contribution in [2.45, 2.75) is 58.0 Å². The first-order valence-electron chi connectivity index (χ1n) is 8.46. The summed E-state index contributed by atoms with van der Waals surface area (Å²) in [6, 6.07) is 0.415. The van der Waals surface area contributed by atoms with Crippen molar-refractivity contribution in [3.63, 3.8) is 0 Å². The Bertz CT molecular complexity index is 780. The van der Waals surface area contributed by atoms with Crippen LogP contribution in [0.4, 0.5) is 5.13 Å². The lowest BCUT2D eigenvalue weighted by molar-refractivity contribution is 0.397. The third-order valence-corrected chi connectivity index (χ3v) is 5.50. The minimum absolute atomic E-state index is 0.0499. The number of aromatic nitrogens is 6. The molecule has 0 aliphatic carbocycles. The van der Waals surface area contributed by atoms with Gasteiger partial charge in [0.05, 0.1) is 24.5 Å². The van der Waals surface area contributed by atoms with Crippen LogP contribution in [0, 0.1) is 0 Å². The van der Waals surface area contributed by atoms with Gasteiger partial charge in [-0.3, -0.25) is 4.68 Å². The lowest BCUT2D eigenvalue weighted by Crippen LogP contribution is -2.42. The van der Waals surface area contributed by atoms with E-state index in [0.717, 1.165) is 35.3 Å². The molecule has 0 saturated carbocycles. The first-order valence-corrected chi connectivity index (χ1v) is 9.28. The van der Waals surface area contributed by atoms with Gasteiger partial charge in [-0.05, 0) is 19.3 Å². The summed E-state index contributed by atoms with van der Waals surface area (Å²) in [5.41, 5.74) is 1.14.